The SMILES string of the molecule is COc1cc(C(C)NC/C=C/C#CC(C)(C)C)ccc1F. The average Bonchev–Trinajstić information content (AvgIpc) is 2.41. The number of halogens is 1. The Labute approximate surface area is 127 Å². The molecule has 1 aromatic rings. The van der Waals surface area contributed by atoms with E-state index in [0.29, 0.717) is 6.54 Å². The third-order valence-electron chi connectivity index (χ3n) is 2.87. The lowest BCUT2D eigenvalue weighted by Gasteiger charge is -2.14. The lowest BCUT2D eigenvalue weighted by atomic mass is 9.98. The molecule has 0 bridgehead atoms. The highest BCUT2D eigenvalue weighted by atomic mass is 19.1. The van der Waals surface area contributed by atoms with Gasteiger partial charge in [0.15, 0.2) is 11.6 Å². The fourth-order valence-electron chi connectivity index (χ4n) is 1.68. The standard InChI is InChI=1S/C18H24FNO/c1-14(15-9-10-16(19)17(13-15)21-5)20-12-8-6-7-11-18(2,3)4/h6,8-10,13-14,20H,12H2,1-5H3/b8-6+. The minimum absolute atomic E-state index is 0.0235. The van der Waals surface area contributed by atoms with Crippen LogP contribution in [0.3, 0.4) is 0 Å². The second-order valence-corrected chi connectivity index (χ2v) is 5.95. The third kappa shape index (κ3) is 6.46. The van der Waals surface area contributed by atoms with Gasteiger partial charge >= 0.3 is 0 Å². The summed E-state index contributed by atoms with van der Waals surface area (Å²) in [7, 11) is 1.47. The Morgan fingerprint density at radius 3 is 2.71 bits per heavy atom. The molecule has 1 rings (SSSR count). The number of rotatable bonds is 5. The quantitative estimate of drug-likeness (QED) is 0.824. The Kier molecular flexibility index (Phi) is 6.45. The van der Waals surface area contributed by atoms with Gasteiger partial charge in [0.2, 0.25) is 0 Å². The van der Waals surface area contributed by atoms with Crippen molar-refractivity contribution in [2.75, 3.05) is 13.7 Å². The molecule has 21 heavy (non-hydrogen) atoms. The van der Waals surface area contributed by atoms with E-state index in [1.165, 1.54) is 13.2 Å². The number of hydrogen-bond acceptors (Lipinski definition) is 2. The van der Waals surface area contributed by atoms with Crippen LogP contribution in [0.1, 0.15) is 39.3 Å². The predicted octanol–water partition coefficient (Wildman–Crippen LogP) is 4.09. The van der Waals surface area contributed by atoms with Crippen LogP contribution in [0.4, 0.5) is 4.39 Å². The minimum Gasteiger partial charge on any atom is -0.494 e. The lowest BCUT2D eigenvalue weighted by molar-refractivity contribution is 0.385. The van der Waals surface area contributed by atoms with Crippen molar-refractivity contribution in [3.63, 3.8) is 0 Å². The second-order valence-electron chi connectivity index (χ2n) is 5.95. The Bertz CT molecular complexity index is 547. The number of methoxy groups -OCH3 is 1. The fourth-order valence-corrected chi connectivity index (χ4v) is 1.68. The van der Waals surface area contributed by atoms with E-state index in [9.17, 15) is 4.39 Å². The zero-order valence-corrected chi connectivity index (χ0v) is 13.5. The minimum atomic E-state index is -0.342. The molecule has 0 aliphatic heterocycles. The second kappa shape index (κ2) is 7.85. The van der Waals surface area contributed by atoms with Gasteiger partial charge in [-0.05, 0) is 51.5 Å². The zero-order valence-electron chi connectivity index (χ0n) is 13.5. The van der Waals surface area contributed by atoms with Crippen molar-refractivity contribution in [2.45, 2.75) is 33.7 Å². The van der Waals surface area contributed by atoms with Crippen LogP contribution >= 0.6 is 0 Å². The molecule has 0 fully saturated rings. The Hall–Kier alpha value is -1.79. The molecule has 0 aliphatic carbocycles. The maximum Gasteiger partial charge on any atom is 0.165 e. The number of nitrogens with one attached hydrogen (secondary N) is 1. The highest BCUT2D eigenvalue weighted by Crippen LogP contribution is 2.22. The van der Waals surface area contributed by atoms with Crippen molar-refractivity contribution < 1.29 is 9.13 Å². The molecule has 0 radical (unpaired) electrons. The van der Waals surface area contributed by atoms with Crippen LogP contribution in [-0.4, -0.2) is 13.7 Å². The van der Waals surface area contributed by atoms with E-state index in [2.05, 4.69) is 37.9 Å². The van der Waals surface area contributed by atoms with Gasteiger partial charge in [-0.15, -0.1) is 0 Å². The van der Waals surface area contributed by atoms with Gasteiger partial charge in [0.05, 0.1) is 7.11 Å². The van der Waals surface area contributed by atoms with Crippen LogP contribution in [0.5, 0.6) is 5.75 Å². The summed E-state index contributed by atoms with van der Waals surface area (Å²) < 4.78 is 18.3. The van der Waals surface area contributed by atoms with E-state index < -0.39 is 0 Å². The highest BCUT2D eigenvalue weighted by Gasteiger charge is 2.08. The zero-order chi connectivity index (χ0) is 15.9. The summed E-state index contributed by atoms with van der Waals surface area (Å²) in [4.78, 5) is 0. The molecule has 3 heteroatoms. The largest absolute Gasteiger partial charge is 0.494 e. The first-order valence-electron chi connectivity index (χ1n) is 7.08. The van der Waals surface area contributed by atoms with Crippen LogP contribution in [0.25, 0.3) is 0 Å². The van der Waals surface area contributed by atoms with E-state index in [4.69, 9.17) is 4.74 Å². The summed E-state index contributed by atoms with van der Waals surface area (Å²) in [5.41, 5.74) is 1.01. The fraction of sp³-hybridized carbons (Fsp3) is 0.444. The van der Waals surface area contributed by atoms with Crippen molar-refractivity contribution in [1.82, 2.24) is 5.32 Å². The smallest absolute Gasteiger partial charge is 0.165 e. The third-order valence-corrected chi connectivity index (χ3v) is 2.87. The summed E-state index contributed by atoms with van der Waals surface area (Å²) in [5, 5.41) is 3.33. The molecule has 0 amide bonds. The summed E-state index contributed by atoms with van der Waals surface area (Å²) in [5.74, 6) is 6.09. The van der Waals surface area contributed by atoms with Crippen molar-refractivity contribution >= 4 is 0 Å². The Morgan fingerprint density at radius 1 is 1.38 bits per heavy atom. The number of hydrogen-bond donors (Lipinski definition) is 1. The van der Waals surface area contributed by atoms with Gasteiger partial charge in [-0.3, -0.25) is 0 Å². The molecule has 1 N–H and O–H groups in total. The van der Waals surface area contributed by atoms with Gasteiger partial charge in [0, 0.05) is 18.0 Å². The van der Waals surface area contributed by atoms with E-state index in [0.717, 1.165) is 5.56 Å². The number of allylic oxidation sites excluding steroid dienone is 1. The van der Waals surface area contributed by atoms with E-state index >= 15 is 0 Å². The summed E-state index contributed by atoms with van der Waals surface area (Å²) in [6, 6.07) is 5.02. The Morgan fingerprint density at radius 2 is 2.10 bits per heavy atom. The topological polar surface area (TPSA) is 21.3 Å². The summed E-state index contributed by atoms with van der Waals surface area (Å²) >= 11 is 0. The normalized spacial score (nSPS) is 12.9. The van der Waals surface area contributed by atoms with Gasteiger partial charge in [-0.1, -0.05) is 24.0 Å². The van der Waals surface area contributed by atoms with Crippen LogP contribution < -0.4 is 10.1 Å². The molecule has 1 unspecified atom stereocenters. The molecular weight excluding hydrogens is 265 g/mol. The lowest BCUT2D eigenvalue weighted by Crippen LogP contribution is -2.18. The van der Waals surface area contributed by atoms with Crippen molar-refractivity contribution in [1.29, 1.82) is 0 Å². The van der Waals surface area contributed by atoms with E-state index in [1.54, 1.807) is 12.1 Å². The Balaban J connectivity index is 2.52. The van der Waals surface area contributed by atoms with Crippen molar-refractivity contribution in [3.05, 3.63) is 41.7 Å². The predicted molar refractivity (Wildman–Crippen MR) is 85.7 cm³/mol. The van der Waals surface area contributed by atoms with Gasteiger partial charge < -0.3 is 10.1 Å². The van der Waals surface area contributed by atoms with Crippen molar-refractivity contribution in [3.8, 4) is 17.6 Å². The van der Waals surface area contributed by atoms with Crippen molar-refractivity contribution in [2.24, 2.45) is 5.41 Å². The first kappa shape index (κ1) is 17.3. The molecule has 1 atom stereocenters. The van der Waals surface area contributed by atoms with Gasteiger partial charge in [0.1, 0.15) is 0 Å². The maximum atomic E-state index is 13.3. The monoisotopic (exact) mass is 289 g/mol. The molecule has 0 saturated carbocycles. The average molecular weight is 289 g/mol. The maximum absolute atomic E-state index is 13.3. The summed E-state index contributed by atoms with van der Waals surface area (Å²) in [6.45, 7) is 8.98. The van der Waals surface area contributed by atoms with Crippen LogP contribution in [0, 0.1) is 23.1 Å². The van der Waals surface area contributed by atoms with Crippen LogP contribution in [-0.2, 0) is 0 Å². The molecule has 0 saturated heterocycles. The van der Waals surface area contributed by atoms with Gasteiger partial charge in [-0.25, -0.2) is 4.39 Å². The first-order valence-corrected chi connectivity index (χ1v) is 7.08. The number of benzene rings is 1. The molecule has 2 nitrogen and oxygen atoms in total. The summed E-state index contributed by atoms with van der Waals surface area (Å²) in [6.07, 6.45) is 3.84. The van der Waals surface area contributed by atoms with Crippen LogP contribution in [0.2, 0.25) is 0 Å². The molecule has 114 valence electrons. The van der Waals surface area contributed by atoms with Gasteiger partial charge in [0.25, 0.3) is 0 Å². The van der Waals surface area contributed by atoms with Crippen LogP contribution in [0.15, 0.2) is 30.4 Å². The molecule has 0 aromatic heterocycles. The highest BCUT2D eigenvalue weighted by molar-refractivity contribution is 5.32. The molecule has 0 heterocycles. The molecule has 0 aliphatic rings. The van der Waals surface area contributed by atoms with Gasteiger partial charge in [-0.2, -0.15) is 0 Å². The number of ether oxygens (including phenoxy) is 1. The molecular formula is C18H24FNO. The molecule has 1 aromatic carbocycles. The first-order chi connectivity index (χ1) is 9.83. The molecule has 0 spiro atoms. The van der Waals surface area contributed by atoms with E-state index in [-0.39, 0.29) is 23.0 Å². The van der Waals surface area contributed by atoms with E-state index in [1.807, 2.05) is 19.1 Å².